The number of pyridine rings is 1. The van der Waals surface area contributed by atoms with E-state index >= 15 is 0 Å². The van der Waals surface area contributed by atoms with E-state index in [4.69, 9.17) is 9.47 Å². The second-order valence-electron chi connectivity index (χ2n) is 7.80. The van der Waals surface area contributed by atoms with E-state index in [1.165, 1.54) is 6.20 Å². The van der Waals surface area contributed by atoms with E-state index in [-0.39, 0.29) is 11.3 Å². The van der Waals surface area contributed by atoms with Crippen molar-refractivity contribution in [2.45, 2.75) is 45.6 Å². The van der Waals surface area contributed by atoms with Gasteiger partial charge in [0.2, 0.25) is 5.88 Å². The highest BCUT2D eigenvalue weighted by molar-refractivity contribution is 6.21. The summed E-state index contributed by atoms with van der Waals surface area (Å²) < 4.78 is 11.9. The molecule has 7 nitrogen and oxygen atoms in total. The van der Waals surface area contributed by atoms with Gasteiger partial charge in [0.25, 0.3) is 5.91 Å². The summed E-state index contributed by atoms with van der Waals surface area (Å²) in [6.45, 7) is 8.69. The number of ether oxygens (including phenoxy) is 2. The largest absolute Gasteiger partial charge is 0.492 e. The number of amides is 3. The van der Waals surface area contributed by atoms with E-state index in [0.29, 0.717) is 30.3 Å². The number of nitrogens with zero attached hydrogens (tertiary/aromatic N) is 2. The van der Waals surface area contributed by atoms with Crippen LogP contribution in [0, 0.1) is 6.92 Å². The molecule has 3 amide bonds. The average molecular weight is 381 g/mol. The molecule has 0 saturated carbocycles. The number of hydrogen-bond acceptors (Lipinski definition) is 5. The normalized spacial score (nSPS) is 20.0. The Hall–Kier alpha value is -3.09. The summed E-state index contributed by atoms with van der Waals surface area (Å²) in [5.74, 6) is 1.68. The van der Waals surface area contributed by atoms with Gasteiger partial charge >= 0.3 is 6.03 Å². The third kappa shape index (κ3) is 2.87. The van der Waals surface area contributed by atoms with Crippen LogP contribution in [0.25, 0.3) is 0 Å². The molecule has 2 aliphatic rings. The lowest BCUT2D eigenvalue weighted by Crippen LogP contribution is -2.31. The first kappa shape index (κ1) is 18.3. The Kier molecular flexibility index (Phi) is 4.25. The molecule has 4 rings (SSSR count). The van der Waals surface area contributed by atoms with Crippen molar-refractivity contribution in [1.82, 2.24) is 10.3 Å². The van der Waals surface area contributed by atoms with Crippen molar-refractivity contribution in [3.05, 3.63) is 41.6 Å². The topological polar surface area (TPSA) is 80.8 Å². The number of carbonyl (C=O) groups excluding carboxylic acids is 2. The van der Waals surface area contributed by atoms with Crippen molar-refractivity contribution >= 4 is 17.6 Å². The Morgan fingerprint density at radius 3 is 2.71 bits per heavy atom. The fourth-order valence-corrected chi connectivity index (χ4v) is 3.64. The van der Waals surface area contributed by atoms with Crippen LogP contribution in [0.2, 0.25) is 0 Å². The summed E-state index contributed by atoms with van der Waals surface area (Å²) in [5.41, 5.74) is 2.35. The number of aromatic nitrogens is 1. The van der Waals surface area contributed by atoms with Crippen LogP contribution in [0.15, 0.2) is 30.5 Å². The number of urea groups is 1. The number of fused-ring (bicyclic) bond motifs is 1. The van der Waals surface area contributed by atoms with Gasteiger partial charge in [0, 0.05) is 17.0 Å². The first-order valence-electron chi connectivity index (χ1n) is 9.37. The van der Waals surface area contributed by atoms with Crippen molar-refractivity contribution in [3.63, 3.8) is 0 Å². The molecular formula is C21H23N3O4. The summed E-state index contributed by atoms with van der Waals surface area (Å²) in [6, 6.07) is 6.28. The van der Waals surface area contributed by atoms with E-state index in [1.54, 1.807) is 12.1 Å². The Bertz CT molecular complexity index is 953. The molecule has 0 spiro atoms. The SMILES string of the molecule is CCC1NC(=O)N(c2ccc(Oc3ccc(C)c4c3C(C)(C)CO4)nc2)C1=O. The predicted molar refractivity (Wildman–Crippen MR) is 104 cm³/mol. The maximum atomic E-state index is 12.3. The average Bonchev–Trinajstić information content (AvgIpc) is 3.14. The summed E-state index contributed by atoms with van der Waals surface area (Å²) in [4.78, 5) is 29.8. The van der Waals surface area contributed by atoms with Crippen molar-refractivity contribution in [2.24, 2.45) is 0 Å². The molecule has 0 aliphatic carbocycles. The molecule has 1 N–H and O–H groups in total. The quantitative estimate of drug-likeness (QED) is 0.817. The standard InChI is InChI=1S/C21H23N3O4/c1-5-14-19(25)24(20(26)23-14)13-7-9-16(22-10-13)28-15-8-6-12(2)18-17(15)21(3,4)11-27-18/h6-10,14H,5,11H2,1-4H3,(H,23,26). The second kappa shape index (κ2) is 6.51. The minimum atomic E-state index is -0.485. The Morgan fingerprint density at radius 1 is 1.29 bits per heavy atom. The zero-order valence-corrected chi connectivity index (χ0v) is 16.4. The van der Waals surface area contributed by atoms with Crippen LogP contribution in [-0.2, 0) is 10.2 Å². The molecule has 1 aromatic heterocycles. The van der Waals surface area contributed by atoms with Crippen molar-refractivity contribution < 1.29 is 19.1 Å². The first-order valence-corrected chi connectivity index (χ1v) is 9.37. The molecule has 1 aromatic carbocycles. The molecule has 2 aliphatic heterocycles. The van der Waals surface area contributed by atoms with Crippen LogP contribution in [-0.4, -0.2) is 29.6 Å². The van der Waals surface area contributed by atoms with Crippen LogP contribution < -0.4 is 19.7 Å². The molecule has 146 valence electrons. The minimum absolute atomic E-state index is 0.161. The Labute approximate surface area is 163 Å². The lowest BCUT2D eigenvalue weighted by atomic mass is 9.85. The number of nitrogens with one attached hydrogen (secondary N) is 1. The lowest BCUT2D eigenvalue weighted by molar-refractivity contribution is -0.118. The molecule has 1 unspecified atom stereocenters. The van der Waals surface area contributed by atoms with Gasteiger partial charge in [-0.15, -0.1) is 0 Å². The Balaban J connectivity index is 1.60. The molecule has 3 heterocycles. The van der Waals surface area contributed by atoms with E-state index in [2.05, 4.69) is 24.1 Å². The number of rotatable bonds is 4. The molecule has 0 radical (unpaired) electrons. The van der Waals surface area contributed by atoms with Gasteiger partial charge in [-0.3, -0.25) is 4.79 Å². The van der Waals surface area contributed by atoms with Crippen LogP contribution >= 0.6 is 0 Å². The molecule has 0 bridgehead atoms. The fourth-order valence-electron chi connectivity index (χ4n) is 3.64. The molecule has 7 heteroatoms. The summed E-state index contributed by atoms with van der Waals surface area (Å²) in [6.07, 6.45) is 2.02. The molecule has 2 aromatic rings. The second-order valence-corrected chi connectivity index (χ2v) is 7.80. The fraction of sp³-hybridized carbons (Fsp3) is 0.381. The van der Waals surface area contributed by atoms with Crippen molar-refractivity contribution in [3.8, 4) is 17.4 Å². The highest BCUT2D eigenvalue weighted by atomic mass is 16.5. The zero-order chi connectivity index (χ0) is 20.1. The van der Waals surface area contributed by atoms with E-state index in [9.17, 15) is 9.59 Å². The number of benzene rings is 1. The van der Waals surface area contributed by atoms with E-state index < -0.39 is 12.1 Å². The highest BCUT2D eigenvalue weighted by Gasteiger charge is 2.38. The molecular weight excluding hydrogens is 358 g/mol. The van der Waals surface area contributed by atoms with Crippen LogP contribution in [0.4, 0.5) is 10.5 Å². The number of aryl methyl sites for hydroxylation is 1. The maximum absolute atomic E-state index is 12.3. The van der Waals surface area contributed by atoms with Crippen molar-refractivity contribution in [1.29, 1.82) is 0 Å². The van der Waals surface area contributed by atoms with Crippen LogP contribution in [0.3, 0.4) is 0 Å². The van der Waals surface area contributed by atoms with Gasteiger partial charge in [-0.2, -0.15) is 0 Å². The smallest absolute Gasteiger partial charge is 0.329 e. The maximum Gasteiger partial charge on any atom is 0.329 e. The van der Waals surface area contributed by atoms with E-state index in [1.807, 2.05) is 26.0 Å². The predicted octanol–water partition coefficient (Wildman–Crippen LogP) is 3.69. The third-order valence-corrected chi connectivity index (χ3v) is 5.19. The summed E-state index contributed by atoms with van der Waals surface area (Å²) in [5, 5.41) is 2.66. The number of imide groups is 1. The summed E-state index contributed by atoms with van der Waals surface area (Å²) in [7, 11) is 0. The van der Waals surface area contributed by atoms with Crippen molar-refractivity contribution in [2.75, 3.05) is 11.5 Å². The van der Waals surface area contributed by atoms with Gasteiger partial charge in [0.1, 0.15) is 17.5 Å². The Morgan fingerprint density at radius 2 is 2.07 bits per heavy atom. The van der Waals surface area contributed by atoms with Gasteiger partial charge < -0.3 is 14.8 Å². The monoisotopic (exact) mass is 381 g/mol. The van der Waals surface area contributed by atoms with E-state index in [0.717, 1.165) is 21.8 Å². The van der Waals surface area contributed by atoms with Crippen LogP contribution in [0.5, 0.6) is 17.4 Å². The molecule has 1 atom stereocenters. The number of carbonyl (C=O) groups is 2. The molecule has 28 heavy (non-hydrogen) atoms. The van der Waals surface area contributed by atoms with Gasteiger partial charge in [0.15, 0.2) is 0 Å². The van der Waals surface area contributed by atoms with Gasteiger partial charge in [-0.05, 0) is 31.0 Å². The van der Waals surface area contributed by atoms with Gasteiger partial charge in [0.05, 0.1) is 18.5 Å². The van der Waals surface area contributed by atoms with Gasteiger partial charge in [-0.1, -0.05) is 26.8 Å². The number of hydrogen-bond donors (Lipinski definition) is 1. The summed E-state index contributed by atoms with van der Waals surface area (Å²) >= 11 is 0. The zero-order valence-electron chi connectivity index (χ0n) is 16.4. The first-order chi connectivity index (χ1) is 13.3. The van der Waals surface area contributed by atoms with Crippen LogP contribution in [0.1, 0.15) is 38.3 Å². The lowest BCUT2D eigenvalue weighted by Gasteiger charge is -2.19. The highest BCUT2D eigenvalue weighted by Crippen LogP contribution is 2.47. The number of anilines is 1. The molecule has 1 fully saturated rings. The third-order valence-electron chi connectivity index (χ3n) is 5.19. The minimum Gasteiger partial charge on any atom is -0.492 e. The van der Waals surface area contributed by atoms with Gasteiger partial charge in [-0.25, -0.2) is 14.7 Å². The molecule has 1 saturated heterocycles.